The fraction of sp³-hybridized carbons (Fsp3) is 0.750. The van der Waals surface area contributed by atoms with Crippen molar-refractivity contribution in [1.82, 2.24) is 5.32 Å². The molecule has 0 amide bonds. The van der Waals surface area contributed by atoms with Crippen LogP contribution in [-0.2, 0) is 0 Å². The van der Waals surface area contributed by atoms with Crippen molar-refractivity contribution in [2.24, 2.45) is 29.6 Å². The van der Waals surface area contributed by atoms with E-state index < -0.39 is 0 Å². The Morgan fingerprint density at radius 1 is 0.920 bits per heavy atom. The lowest BCUT2D eigenvalue weighted by atomic mass is 9.62. The van der Waals surface area contributed by atoms with Crippen LogP contribution in [0.15, 0.2) is 36.0 Å². The first-order valence-corrected chi connectivity index (χ1v) is 11.0. The summed E-state index contributed by atoms with van der Waals surface area (Å²) in [5.74, 6) is 4.16. The van der Waals surface area contributed by atoms with Gasteiger partial charge in [-0.1, -0.05) is 44.2 Å². The molecule has 0 saturated carbocycles. The van der Waals surface area contributed by atoms with Crippen LogP contribution in [-0.4, -0.2) is 12.1 Å². The predicted molar refractivity (Wildman–Crippen MR) is 107 cm³/mol. The van der Waals surface area contributed by atoms with Gasteiger partial charge in [0.15, 0.2) is 0 Å². The third-order valence-electron chi connectivity index (χ3n) is 7.57. The smallest absolute Gasteiger partial charge is 0.0164 e. The Hall–Kier alpha value is -0.820. The molecule has 6 atom stereocenters. The fourth-order valence-electron chi connectivity index (χ4n) is 6.21. The van der Waals surface area contributed by atoms with Crippen LogP contribution in [0.2, 0.25) is 0 Å². The van der Waals surface area contributed by atoms with Gasteiger partial charge in [0.25, 0.3) is 0 Å². The molecule has 1 heterocycles. The van der Waals surface area contributed by atoms with E-state index in [1.807, 2.05) is 0 Å². The van der Waals surface area contributed by atoms with Gasteiger partial charge in [0.05, 0.1) is 0 Å². The maximum absolute atomic E-state index is 4.18. The van der Waals surface area contributed by atoms with Gasteiger partial charge in [-0.05, 0) is 93.0 Å². The summed E-state index contributed by atoms with van der Waals surface area (Å²) in [5.41, 5.74) is 1.67. The first-order valence-electron chi connectivity index (χ1n) is 11.0. The molecule has 25 heavy (non-hydrogen) atoms. The van der Waals surface area contributed by atoms with Crippen LogP contribution in [0.5, 0.6) is 0 Å². The Kier molecular flexibility index (Phi) is 5.50. The quantitative estimate of drug-likeness (QED) is 0.618. The zero-order valence-corrected chi connectivity index (χ0v) is 16.3. The average molecular weight is 340 g/mol. The molecule has 1 saturated heterocycles. The standard InChI is InChI=1S/C24H37N/c1-17(2)23-16-15-22(24(25-23)19-10-4-3-5-11-19)21-14-8-12-18-9-6-7-13-20(18)21/h4,6,9-10,12,17,19-25H,3,5,7-8,11,13-16H2,1-2H3. The normalized spacial score (nSPS) is 41.5. The van der Waals surface area contributed by atoms with E-state index in [0.29, 0.717) is 6.04 Å². The van der Waals surface area contributed by atoms with Crippen LogP contribution in [0.25, 0.3) is 0 Å². The number of nitrogens with one attached hydrogen (secondary N) is 1. The molecular formula is C24H37N. The monoisotopic (exact) mass is 339 g/mol. The van der Waals surface area contributed by atoms with E-state index in [0.717, 1.165) is 35.6 Å². The number of hydrogen-bond acceptors (Lipinski definition) is 1. The van der Waals surface area contributed by atoms with E-state index in [9.17, 15) is 0 Å². The highest BCUT2D eigenvalue weighted by Crippen LogP contribution is 2.46. The summed E-state index contributed by atoms with van der Waals surface area (Å²) in [6.45, 7) is 4.80. The Morgan fingerprint density at radius 3 is 2.64 bits per heavy atom. The molecule has 0 radical (unpaired) electrons. The van der Waals surface area contributed by atoms with Crippen molar-refractivity contribution in [2.45, 2.75) is 83.7 Å². The lowest BCUT2D eigenvalue weighted by Gasteiger charge is -2.49. The van der Waals surface area contributed by atoms with Gasteiger partial charge in [-0.3, -0.25) is 0 Å². The number of fused-ring (bicyclic) bond motifs is 1. The van der Waals surface area contributed by atoms with Gasteiger partial charge in [0.1, 0.15) is 0 Å². The summed E-state index contributed by atoms with van der Waals surface area (Å²) in [4.78, 5) is 0. The fourth-order valence-corrected chi connectivity index (χ4v) is 6.21. The van der Waals surface area contributed by atoms with E-state index in [2.05, 4.69) is 49.5 Å². The van der Waals surface area contributed by atoms with Crippen molar-refractivity contribution in [3.8, 4) is 0 Å². The van der Waals surface area contributed by atoms with Crippen LogP contribution in [0.1, 0.15) is 71.6 Å². The third kappa shape index (κ3) is 3.68. The molecule has 1 nitrogen and oxygen atoms in total. The molecule has 1 N–H and O–H groups in total. The SMILES string of the molecule is CC(C)C1CCC(C2CCC=C3C=CCCC32)C(C2C=CCCC2)N1. The minimum absolute atomic E-state index is 0.716. The van der Waals surface area contributed by atoms with Crippen molar-refractivity contribution in [3.63, 3.8) is 0 Å². The molecule has 0 spiro atoms. The van der Waals surface area contributed by atoms with Gasteiger partial charge in [-0.15, -0.1) is 0 Å². The average Bonchev–Trinajstić information content (AvgIpc) is 2.68. The minimum atomic E-state index is 0.716. The largest absolute Gasteiger partial charge is 0.310 e. The number of rotatable bonds is 3. The van der Waals surface area contributed by atoms with Crippen LogP contribution >= 0.6 is 0 Å². The van der Waals surface area contributed by atoms with Crippen molar-refractivity contribution in [2.75, 3.05) is 0 Å². The minimum Gasteiger partial charge on any atom is -0.310 e. The second-order valence-corrected chi connectivity index (χ2v) is 9.34. The summed E-state index contributed by atoms with van der Waals surface area (Å²) < 4.78 is 0. The summed E-state index contributed by atoms with van der Waals surface area (Å²) in [7, 11) is 0. The zero-order valence-electron chi connectivity index (χ0n) is 16.3. The van der Waals surface area contributed by atoms with Crippen LogP contribution in [0.4, 0.5) is 0 Å². The number of hydrogen-bond donors (Lipinski definition) is 1. The second kappa shape index (κ2) is 7.82. The summed E-state index contributed by atoms with van der Waals surface area (Å²) in [5, 5.41) is 4.18. The lowest BCUT2D eigenvalue weighted by Crippen LogP contribution is -2.55. The maximum Gasteiger partial charge on any atom is 0.0164 e. The highest BCUT2D eigenvalue weighted by Gasteiger charge is 2.42. The molecule has 4 rings (SSSR count). The van der Waals surface area contributed by atoms with E-state index >= 15 is 0 Å². The third-order valence-corrected chi connectivity index (χ3v) is 7.57. The highest BCUT2D eigenvalue weighted by molar-refractivity contribution is 5.28. The number of allylic oxidation sites excluding steroid dienone is 5. The first kappa shape index (κ1) is 17.6. The van der Waals surface area contributed by atoms with Crippen molar-refractivity contribution < 1.29 is 0 Å². The molecule has 1 fully saturated rings. The van der Waals surface area contributed by atoms with Crippen LogP contribution in [0, 0.1) is 29.6 Å². The molecule has 6 unspecified atom stereocenters. The van der Waals surface area contributed by atoms with Crippen molar-refractivity contribution in [1.29, 1.82) is 0 Å². The molecule has 0 aromatic carbocycles. The molecule has 0 aromatic rings. The van der Waals surface area contributed by atoms with Gasteiger partial charge >= 0.3 is 0 Å². The molecule has 0 bridgehead atoms. The molecule has 3 aliphatic carbocycles. The van der Waals surface area contributed by atoms with Gasteiger partial charge < -0.3 is 5.32 Å². The molecule has 138 valence electrons. The number of piperidine rings is 1. The zero-order chi connectivity index (χ0) is 17.2. The van der Waals surface area contributed by atoms with E-state index in [1.54, 1.807) is 5.57 Å². The summed E-state index contributed by atoms with van der Waals surface area (Å²) in [6.07, 6.45) is 24.7. The Balaban J connectivity index is 1.57. The van der Waals surface area contributed by atoms with Gasteiger partial charge in [-0.25, -0.2) is 0 Å². The first-order chi connectivity index (χ1) is 12.2. The Bertz CT molecular complexity index is 540. The topological polar surface area (TPSA) is 12.0 Å². The molecule has 4 aliphatic rings. The van der Waals surface area contributed by atoms with Crippen LogP contribution < -0.4 is 5.32 Å². The summed E-state index contributed by atoms with van der Waals surface area (Å²) >= 11 is 0. The van der Waals surface area contributed by atoms with E-state index in [1.165, 1.54) is 57.8 Å². The lowest BCUT2D eigenvalue weighted by molar-refractivity contribution is 0.0830. The van der Waals surface area contributed by atoms with Crippen LogP contribution in [0.3, 0.4) is 0 Å². The highest BCUT2D eigenvalue weighted by atomic mass is 15.0. The summed E-state index contributed by atoms with van der Waals surface area (Å²) in [6, 6.07) is 1.44. The van der Waals surface area contributed by atoms with E-state index in [-0.39, 0.29) is 0 Å². The Labute approximate surface area is 155 Å². The van der Waals surface area contributed by atoms with Crippen molar-refractivity contribution in [3.05, 3.63) is 36.0 Å². The molecule has 1 heteroatoms. The predicted octanol–water partition coefficient (Wildman–Crippen LogP) is 6.04. The van der Waals surface area contributed by atoms with Gasteiger partial charge in [0.2, 0.25) is 0 Å². The van der Waals surface area contributed by atoms with Gasteiger partial charge in [-0.2, -0.15) is 0 Å². The van der Waals surface area contributed by atoms with Crippen molar-refractivity contribution >= 4 is 0 Å². The molecule has 1 aliphatic heterocycles. The van der Waals surface area contributed by atoms with E-state index in [4.69, 9.17) is 0 Å². The second-order valence-electron chi connectivity index (χ2n) is 9.34. The Morgan fingerprint density at radius 2 is 1.84 bits per heavy atom. The maximum atomic E-state index is 4.18. The van der Waals surface area contributed by atoms with Gasteiger partial charge in [0, 0.05) is 12.1 Å². The molecule has 0 aromatic heterocycles. The molecular weight excluding hydrogens is 302 g/mol.